The van der Waals surface area contributed by atoms with Crippen LogP contribution in [-0.2, 0) is 4.18 Å². The summed E-state index contributed by atoms with van der Waals surface area (Å²) in [5, 5.41) is 8.07. The van der Waals surface area contributed by atoms with Crippen LogP contribution in [0.5, 0.6) is 0 Å². The van der Waals surface area contributed by atoms with E-state index in [1.165, 1.54) is 12.0 Å². The SMILES string of the molecule is COSCCCC#N. The molecule has 0 aliphatic carbocycles. The van der Waals surface area contributed by atoms with Crippen LogP contribution in [0.15, 0.2) is 0 Å². The maximum absolute atomic E-state index is 8.07. The summed E-state index contributed by atoms with van der Waals surface area (Å²) in [6.45, 7) is 0. The third kappa shape index (κ3) is 5.80. The minimum atomic E-state index is 0.635. The fourth-order valence-corrected chi connectivity index (χ4v) is 0.722. The Hall–Kier alpha value is -0.200. The summed E-state index contributed by atoms with van der Waals surface area (Å²) in [5.41, 5.74) is 0. The summed E-state index contributed by atoms with van der Waals surface area (Å²) in [6.07, 6.45) is 1.56. The number of nitrogens with zero attached hydrogens (tertiary/aromatic N) is 1. The fourth-order valence-electron chi connectivity index (χ4n) is 0.293. The highest BCUT2D eigenvalue weighted by atomic mass is 32.2. The summed E-state index contributed by atoms with van der Waals surface area (Å²) in [4.78, 5) is 0. The molecule has 0 radical (unpaired) electrons. The second-order valence-electron chi connectivity index (χ2n) is 1.25. The lowest BCUT2D eigenvalue weighted by atomic mass is 10.4. The molecule has 2 nitrogen and oxygen atoms in total. The van der Waals surface area contributed by atoms with Crippen LogP contribution in [0.3, 0.4) is 0 Å². The largest absolute Gasteiger partial charge is 0.319 e. The highest BCUT2D eigenvalue weighted by Gasteiger charge is 1.84. The molecule has 0 bridgehead atoms. The van der Waals surface area contributed by atoms with E-state index >= 15 is 0 Å². The van der Waals surface area contributed by atoms with Gasteiger partial charge in [-0.15, -0.1) is 0 Å². The molecule has 0 aliphatic heterocycles. The summed E-state index contributed by atoms with van der Waals surface area (Å²) in [5.74, 6) is 0.921. The molecule has 0 spiro atoms. The molecule has 0 aliphatic rings. The maximum Gasteiger partial charge on any atom is 0.0622 e. The van der Waals surface area contributed by atoms with Gasteiger partial charge in [0.15, 0.2) is 0 Å². The third-order valence-corrected chi connectivity index (χ3v) is 1.33. The minimum Gasteiger partial charge on any atom is -0.319 e. The van der Waals surface area contributed by atoms with Crippen molar-refractivity contribution in [1.29, 1.82) is 5.26 Å². The van der Waals surface area contributed by atoms with Crippen LogP contribution in [0.4, 0.5) is 0 Å². The van der Waals surface area contributed by atoms with Crippen molar-refractivity contribution in [2.24, 2.45) is 0 Å². The van der Waals surface area contributed by atoms with Crippen LogP contribution in [0, 0.1) is 11.3 Å². The van der Waals surface area contributed by atoms with Crippen molar-refractivity contribution in [3.63, 3.8) is 0 Å². The highest BCUT2D eigenvalue weighted by Crippen LogP contribution is 2.02. The molecule has 0 saturated carbocycles. The zero-order valence-corrected chi connectivity index (χ0v) is 5.70. The molecule has 46 valence electrons. The first-order chi connectivity index (χ1) is 3.91. The van der Waals surface area contributed by atoms with E-state index in [1.807, 2.05) is 0 Å². The molecular weight excluding hydrogens is 122 g/mol. The van der Waals surface area contributed by atoms with Crippen LogP contribution in [0.1, 0.15) is 12.8 Å². The van der Waals surface area contributed by atoms with E-state index in [9.17, 15) is 0 Å². The summed E-state index contributed by atoms with van der Waals surface area (Å²) >= 11 is 1.40. The van der Waals surface area contributed by atoms with Crippen LogP contribution in [-0.4, -0.2) is 12.9 Å². The van der Waals surface area contributed by atoms with Gasteiger partial charge in [-0.05, 0) is 18.5 Å². The second-order valence-corrected chi connectivity index (χ2v) is 2.23. The lowest BCUT2D eigenvalue weighted by Crippen LogP contribution is -1.77. The molecule has 0 aromatic carbocycles. The quantitative estimate of drug-likeness (QED) is 0.429. The lowest BCUT2D eigenvalue weighted by Gasteiger charge is -1.90. The van der Waals surface area contributed by atoms with Crippen molar-refractivity contribution in [3.05, 3.63) is 0 Å². The number of hydrogen-bond donors (Lipinski definition) is 0. The van der Waals surface area contributed by atoms with E-state index in [2.05, 4.69) is 6.07 Å². The average Bonchev–Trinajstić information content (AvgIpc) is 1.81. The zero-order chi connectivity index (χ0) is 6.24. The topological polar surface area (TPSA) is 33.0 Å². The first-order valence-corrected chi connectivity index (χ1v) is 3.35. The summed E-state index contributed by atoms with van der Waals surface area (Å²) < 4.78 is 4.70. The second kappa shape index (κ2) is 6.80. The van der Waals surface area contributed by atoms with Gasteiger partial charge in [0.25, 0.3) is 0 Å². The highest BCUT2D eigenvalue weighted by molar-refractivity contribution is 7.94. The van der Waals surface area contributed by atoms with E-state index in [0.29, 0.717) is 6.42 Å². The van der Waals surface area contributed by atoms with Gasteiger partial charge in [0.2, 0.25) is 0 Å². The number of nitriles is 1. The van der Waals surface area contributed by atoms with E-state index in [-0.39, 0.29) is 0 Å². The van der Waals surface area contributed by atoms with Crippen molar-refractivity contribution < 1.29 is 4.18 Å². The van der Waals surface area contributed by atoms with Crippen molar-refractivity contribution in [1.82, 2.24) is 0 Å². The summed E-state index contributed by atoms with van der Waals surface area (Å²) in [7, 11) is 1.64. The van der Waals surface area contributed by atoms with Crippen LogP contribution in [0.2, 0.25) is 0 Å². The predicted octanol–water partition coefficient (Wildman–Crippen LogP) is 1.58. The molecular formula is C5H9NOS. The molecule has 0 rings (SSSR count). The Morgan fingerprint density at radius 1 is 1.75 bits per heavy atom. The molecule has 0 amide bonds. The van der Waals surface area contributed by atoms with Crippen molar-refractivity contribution >= 4 is 12.0 Å². The lowest BCUT2D eigenvalue weighted by molar-refractivity contribution is 0.489. The Kier molecular flexibility index (Phi) is 6.63. The molecule has 8 heavy (non-hydrogen) atoms. The minimum absolute atomic E-state index is 0.635. The van der Waals surface area contributed by atoms with Gasteiger partial charge in [0.05, 0.1) is 13.2 Å². The van der Waals surface area contributed by atoms with Crippen molar-refractivity contribution in [2.75, 3.05) is 12.9 Å². The molecule has 0 N–H and O–H groups in total. The molecule has 3 heteroatoms. The van der Waals surface area contributed by atoms with Gasteiger partial charge in [-0.2, -0.15) is 5.26 Å². The Bertz CT molecular complexity index is 79.0. The predicted molar refractivity (Wildman–Crippen MR) is 34.3 cm³/mol. The first-order valence-electron chi connectivity index (χ1n) is 2.44. The molecule has 0 aromatic heterocycles. The average molecular weight is 131 g/mol. The van der Waals surface area contributed by atoms with Gasteiger partial charge < -0.3 is 4.18 Å². The summed E-state index contributed by atoms with van der Waals surface area (Å²) in [6, 6.07) is 2.06. The smallest absolute Gasteiger partial charge is 0.0622 e. The Morgan fingerprint density at radius 3 is 3.00 bits per heavy atom. The molecule has 0 unspecified atom stereocenters. The van der Waals surface area contributed by atoms with Gasteiger partial charge in [0.1, 0.15) is 0 Å². The Balaban J connectivity index is 2.65. The van der Waals surface area contributed by atoms with E-state index in [4.69, 9.17) is 9.44 Å². The van der Waals surface area contributed by atoms with Gasteiger partial charge >= 0.3 is 0 Å². The number of hydrogen-bond acceptors (Lipinski definition) is 3. The van der Waals surface area contributed by atoms with Crippen LogP contribution < -0.4 is 0 Å². The van der Waals surface area contributed by atoms with Crippen LogP contribution >= 0.6 is 12.0 Å². The van der Waals surface area contributed by atoms with Gasteiger partial charge in [-0.3, -0.25) is 0 Å². The van der Waals surface area contributed by atoms with E-state index in [0.717, 1.165) is 12.2 Å². The van der Waals surface area contributed by atoms with Crippen molar-refractivity contribution in [2.45, 2.75) is 12.8 Å². The number of unbranched alkanes of at least 4 members (excludes halogenated alkanes) is 1. The molecule has 0 atom stereocenters. The van der Waals surface area contributed by atoms with Crippen molar-refractivity contribution in [3.8, 4) is 6.07 Å². The maximum atomic E-state index is 8.07. The molecule has 0 saturated heterocycles. The molecule has 0 aromatic rings. The van der Waals surface area contributed by atoms with Crippen LogP contribution in [0.25, 0.3) is 0 Å². The van der Waals surface area contributed by atoms with Gasteiger partial charge in [-0.25, -0.2) is 0 Å². The standard InChI is InChI=1S/C5H9NOS/c1-7-8-5-3-2-4-6/h2-3,5H2,1H3. The monoisotopic (exact) mass is 131 g/mol. The first kappa shape index (κ1) is 7.80. The van der Waals surface area contributed by atoms with E-state index < -0.39 is 0 Å². The zero-order valence-electron chi connectivity index (χ0n) is 4.89. The number of rotatable bonds is 4. The Morgan fingerprint density at radius 2 is 2.50 bits per heavy atom. The molecule has 0 fully saturated rings. The normalized spacial score (nSPS) is 8.50. The third-order valence-electron chi connectivity index (χ3n) is 0.634. The van der Waals surface area contributed by atoms with Gasteiger partial charge in [0, 0.05) is 12.2 Å². The van der Waals surface area contributed by atoms with Gasteiger partial charge in [-0.1, -0.05) is 0 Å². The van der Waals surface area contributed by atoms with E-state index in [1.54, 1.807) is 7.11 Å². The fraction of sp³-hybridized carbons (Fsp3) is 0.800. The molecule has 0 heterocycles. The Labute approximate surface area is 54.0 Å².